The summed E-state index contributed by atoms with van der Waals surface area (Å²) < 4.78 is 3.02. The van der Waals surface area contributed by atoms with Crippen molar-refractivity contribution >= 4 is 46.7 Å². The Hall–Kier alpha value is -1.01. The van der Waals surface area contributed by atoms with Crippen LogP contribution in [0.25, 0.3) is 0 Å². The average Bonchev–Trinajstić information content (AvgIpc) is 2.36. The molecule has 1 aromatic carbocycles. The summed E-state index contributed by atoms with van der Waals surface area (Å²) in [6, 6.07) is 7.81. The van der Waals surface area contributed by atoms with E-state index in [0.717, 1.165) is 10.6 Å². The minimum Gasteiger partial charge on any atom is -0.338 e. The highest BCUT2D eigenvalue weighted by molar-refractivity contribution is 7.97. The van der Waals surface area contributed by atoms with E-state index >= 15 is 0 Å². The predicted octanol–water partition coefficient (Wildman–Crippen LogP) is 3.75. The van der Waals surface area contributed by atoms with Crippen LogP contribution in [0.3, 0.4) is 0 Å². The number of halogens is 2. The Morgan fingerprint density at radius 3 is 2.78 bits per heavy atom. The number of nitrogens with one attached hydrogen (secondary N) is 2. The Balaban J connectivity index is 2.30. The zero-order valence-corrected chi connectivity index (χ0v) is 11.8. The number of aromatic nitrogens is 2. The molecule has 2 aromatic rings. The van der Waals surface area contributed by atoms with Crippen molar-refractivity contribution in [2.24, 2.45) is 0 Å². The van der Waals surface area contributed by atoms with Gasteiger partial charge in [-0.05, 0) is 42.7 Å². The molecule has 1 aromatic heterocycles. The third-order valence-electron chi connectivity index (χ3n) is 2.07. The average molecular weight is 301 g/mol. The zero-order valence-electron chi connectivity index (χ0n) is 9.45. The smallest absolute Gasteiger partial charge is 0.224 e. The molecule has 1 heterocycles. The van der Waals surface area contributed by atoms with E-state index < -0.39 is 0 Å². The molecule has 0 radical (unpaired) electrons. The van der Waals surface area contributed by atoms with Crippen molar-refractivity contribution in [3.63, 3.8) is 0 Å². The molecule has 0 fully saturated rings. The summed E-state index contributed by atoms with van der Waals surface area (Å²) >= 11 is 13.3. The van der Waals surface area contributed by atoms with E-state index in [4.69, 9.17) is 23.2 Å². The summed E-state index contributed by atoms with van der Waals surface area (Å²) in [7, 11) is 1.86. The van der Waals surface area contributed by atoms with Crippen molar-refractivity contribution in [3.8, 4) is 0 Å². The molecule has 0 saturated heterocycles. The molecule has 94 valence electrons. The summed E-state index contributed by atoms with van der Waals surface area (Å²) in [6.45, 7) is 0. The minimum atomic E-state index is 0.153. The monoisotopic (exact) mass is 300 g/mol. The Morgan fingerprint density at radius 1 is 1.22 bits per heavy atom. The number of nitrogens with zero attached hydrogens (tertiary/aromatic N) is 2. The lowest BCUT2D eigenvalue weighted by molar-refractivity contribution is 1.16. The fraction of sp³-hybridized carbons (Fsp3) is 0.0909. The summed E-state index contributed by atoms with van der Waals surface area (Å²) in [4.78, 5) is 8.89. The Morgan fingerprint density at radius 2 is 2.00 bits per heavy atom. The van der Waals surface area contributed by atoms with Crippen LogP contribution in [0.1, 0.15) is 0 Å². The summed E-state index contributed by atoms with van der Waals surface area (Å²) in [5.41, 5.74) is 0.897. The van der Waals surface area contributed by atoms with E-state index in [-0.39, 0.29) is 5.28 Å². The molecule has 4 nitrogen and oxygen atoms in total. The molecule has 0 amide bonds. The highest BCUT2D eigenvalue weighted by atomic mass is 35.5. The molecule has 0 bridgehead atoms. The first-order chi connectivity index (χ1) is 8.70. The minimum absolute atomic E-state index is 0.153. The normalized spacial score (nSPS) is 10.4. The SMILES string of the molecule is CNSc1ccccc1Nc1nc(Cl)ncc1Cl. The van der Waals surface area contributed by atoms with Crippen molar-refractivity contribution in [2.45, 2.75) is 4.90 Å². The fourth-order valence-corrected chi connectivity index (χ4v) is 2.20. The van der Waals surface area contributed by atoms with Gasteiger partial charge in [0.15, 0.2) is 5.82 Å². The first-order valence-corrected chi connectivity index (χ1v) is 6.65. The van der Waals surface area contributed by atoms with Crippen LogP contribution in [0.5, 0.6) is 0 Å². The van der Waals surface area contributed by atoms with Crippen molar-refractivity contribution in [1.29, 1.82) is 0 Å². The molecular formula is C11H10Cl2N4S. The van der Waals surface area contributed by atoms with Crippen LogP contribution in [0.15, 0.2) is 35.4 Å². The van der Waals surface area contributed by atoms with Gasteiger partial charge in [-0.1, -0.05) is 23.7 Å². The molecule has 0 atom stereocenters. The van der Waals surface area contributed by atoms with Crippen LogP contribution in [-0.2, 0) is 0 Å². The fourth-order valence-electron chi connectivity index (χ4n) is 1.33. The van der Waals surface area contributed by atoms with E-state index in [2.05, 4.69) is 20.0 Å². The number of para-hydroxylation sites is 1. The zero-order chi connectivity index (χ0) is 13.0. The highest BCUT2D eigenvalue weighted by Crippen LogP contribution is 2.29. The van der Waals surface area contributed by atoms with E-state index in [0.29, 0.717) is 10.8 Å². The quantitative estimate of drug-likeness (QED) is 0.665. The van der Waals surface area contributed by atoms with E-state index in [1.165, 1.54) is 18.1 Å². The van der Waals surface area contributed by atoms with Crippen LogP contribution >= 0.6 is 35.1 Å². The van der Waals surface area contributed by atoms with Gasteiger partial charge in [0, 0.05) is 4.90 Å². The molecule has 0 unspecified atom stereocenters. The third kappa shape index (κ3) is 3.26. The van der Waals surface area contributed by atoms with Gasteiger partial charge >= 0.3 is 0 Å². The molecule has 0 spiro atoms. The molecule has 2 rings (SSSR count). The van der Waals surface area contributed by atoms with Crippen molar-refractivity contribution < 1.29 is 0 Å². The van der Waals surface area contributed by atoms with Crippen molar-refractivity contribution in [2.75, 3.05) is 12.4 Å². The summed E-state index contributed by atoms with van der Waals surface area (Å²) in [5, 5.41) is 3.71. The number of hydrogen-bond donors (Lipinski definition) is 2. The van der Waals surface area contributed by atoms with Crippen LogP contribution in [0.2, 0.25) is 10.3 Å². The van der Waals surface area contributed by atoms with Gasteiger partial charge in [0.2, 0.25) is 5.28 Å². The van der Waals surface area contributed by atoms with Crippen LogP contribution < -0.4 is 10.0 Å². The molecule has 7 heteroatoms. The molecule has 0 saturated carbocycles. The van der Waals surface area contributed by atoms with Gasteiger partial charge in [-0.15, -0.1) is 0 Å². The summed E-state index contributed by atoms with van der Waals surface area (Å²) in [6.07, 6.45) is 1.47. The Labute approximate surface area is 119 Å². The predicted molar refractivity (Wildman–Crippen MR) is 76.7 cm³/mol. The van der Waals surface area contributed by atoms with Gasteiger partial charge in [-0.3, -0.25) is 4.72 Å². The first kappa shape index (κ1) is 13.4. The van der Waals surface area contributed by atoms with Gasteiger partial charge in [-0.25, -0.2) is 4.98 Å². The number of anilines is 2. The molecule has 2 N–H and O–H groups in total. The standard InChI is InChI=1S/C11H10Cl2N4S/c1-14-18-9-5-3-2-4-8(9)16-10-7(12)6-15-11(13)17-10/h2-6,14H,1H3,(H,15,16,17). The maximum Gasteiger partial charge on any atom is 0.224 e. The van der Waals surface area contributed by atoms with Crippen molar-refractivity contribution in [3.05, 3.63) is 40.8 Å². The Kier molecular flexibility index (Phi) is 4.66. The lowest BCUT2D eigenvalue weighted by Crippen LogP contribution is -1.99. The largest absolute Gasteiger partial charge is 0.338 e. The second-order valence-electron chi connectivity index (χ2n) is 3.26. The van der Waals surface area contributed by atoms with Crippen LogP contribution in [-0.4, -0.2) is 17.0 Å². The van der Waals surface area contributed by atoms with Gasteiger partial charge in [0.05, 0.1) is 11.9 Å². The van der Waals surface area contributed by atoms with Gasteiger partial charge in [0.1, 0.15) is 5.02 Å². The third-order valence-corrected chi connectivity index (χ3v) is 3.31. The lowest BCUT2D eigenvalue weighted by Gasteiger charge is -2.11. The number of benzene rings is 1. The lowest BCUT2D eigenvalue weighted by atomic mass is 10.3. The summed E-state index contributed by atoms with van der Waals surface area (Å²) in [5.74, 6) is 0.487. The highest BCUT2D eigenvalue weighted by Gasteiger charge is 2.07. The maximum atomic E-state index is 6.01. The number of rotatable bonds is 4. The topological polar surface area (TPSA) is 49.8 Å². The van der Waals surface area contributed by atoms with E-state index in [9.17, 15) is 0 Å². The van der Waals surface area contributed by atoms with Crippen LogP contribution in [0, 0.1) is 0 Å². The van der Waals surface area contributed by atoms with Gasteiger partial charge < -0.3 is 5.32 Å². The molecule has 18 heavy (non-hydrogen) atoms. The first-order valence-electron chi connectivity index (χ1n) is 5.08. The van der Waals surface area contributed by atoms with Crippen molar-refractivity contribution in [1.82, 2.24) is 14.7 Å². The maximum absolute atomic E-state index is 6.01. The van der Waals surface area contributed by atoms with Gasteiger partial charge in [-0.2, -0.15) is 4.98 Å². The Bertz CT molecular complexity index is 550. The molecule has 0 aliphatic heterocycles. The molecule has 0 aliphatic rings. The second kappa shape index (κ2) is 6.24. The van der Waals surface area contributed by atoms with Gasteiger partial charge in [0.25, 0.3) is 0 Å². The van der Waals surface area contributed by atoms with E-state index in [1.807, 2.05) is 31.3 Å². The molecular weight excluding hydrogens is 291 g/mol. The van der Waals surface area contributed by atoms with Crippen LogP contribution in [0.4, 0.5) is 11.5 Å². The second-order valence-corrected chi connectivity index (χ2v) is 5.06. The van der Waals surface area contributed by atoms with E-state index in [1.54, 1.807) is 0 Å². The molecule has 0 aliphatic carbocycles. The number of hydrogen-bond acceptors (Lipinski definition) is 5.